The number of nitrogens with zero attached hydrogens (tertiary/aromatic N) is 6. The standard InChI is InChI=1S/C20H21N7O2/c1-13(28)26-9-6-15(7-10-26)27-18-11-14(12-21)3-4-16(18)23-20(27)24-19(29)17-5-8-22-25(17)2/h3-5,8,11,15H,6-7,9-10H2,1-2H3,(H,23,24,29). The fraction of sp³-hybridized carbons (Fsp3) is 0.350. The quantitative estimate of drug-likeness (QED) is 0.735. The Labute approximate surface area is 167 Å². The fourth-order valence-corrected chi connectivity index (χ4v) is 3.82. The van der Waals surface area contributed by atoms with Crippen molar-refractivity contribution in [2.45, 2.75) is 25.8 Å². The molecule has 9 heteroatoms. The Balaban J connectivity index is 1.73. The predicted octanol–water partition coefficient (Wildman–Crippen LogP) is 2.08. The zero-order valence-electron chi connectivity index (χ0n) is 16.3. The number of carbonyl (C=O) groups is 2. The molecular weight excluding hydrogens is 370 g/mol. The number of hydrogen-bond acceptors (Lipinski definition) is 5. The van der Waals surface area contributed by atoms with Crippen LogP contribution >= 0.6 is 0 Å². The lowest BCUT2D eigenvalue weighted by Gasteiger charge is -2.33. The molecule has 3 aromatic rings. The van der Waals surface area contributed by atoms with Crippen molar-refractivity contribution in [3.63, 3.8) is 0 Å². The maximum Gasteiger partial charge on any atom is 0.276 e. The smallest absolute Gasteiger partial charge is 0.276 e. The molecule has 1 aliphatic rings. The highest BCUT2D eigenvalue weighted by molar-refractivity contribution is 6.03. The van der Waals surface area contributed by atoms with Gasteiger partial charge in [-0.3, -0.25) is 19.6 Å². The van der Waals surface area contributed by atoms with Crippen LogP contribution in [-0.2, 0) is 11.8 Å². The number of nitriles is 1. The predicted molar refractivity (Wildman–Crippen MR) is 106 cm³/mol. The SMILES string of the molecule is CC(=O)N1CCC(n2c(NC(=O)c3ccnn3C)nc3ccc(C#N)cc32)CC1. The number of piperidine rings is 1. The summed E-state index contributed by atoms with van der Waals surface area (Å²) < 4.78 is 3.49. The highest BCUT2D eigenvalue weighted by atomic mass is 16.2. The summed E-state index contributed by atoms with van der Waals surface area (Å²) in [6.45, 7) is 2.87. The van der Waals surface area contributed by atoms with Gasteiger partial charge >= 0.3 is 0 Å². The molecule has 0 radical (unpaired) electrons. The normalized spacial score (nSPS) is 14.7. The molecule has 4 rings (SSSR count). The summed E-state index contributed by atoms with van der Waals surface area (Å²) in [4.78, 5) is 30.8. The van der Waals surface area contributed by atoms with Crippen LogP contribution in [0.4, 0.5) is 5.95 Å². The molecule has 1 saturated heterocycles. The number of rotatable bonds is 3. The second-order valence-electron chi connectivity index (χ2n) is 7.15. The van der Waals surface area contributed by atoms with E-state index in [4.69, 9.17) is 0 Å². The Morgan fingerprint density at radius 1 is 1.24 bits per heavy atom. The van der Waals surface area contributed by atoms with Crippen molar-refractivity contribution in [1.29, 1.82) is 5.26 Å². The van der Waals surface area contributed by atoms with Gasteiger partial charge in [-0.05, 0) is 37.1 Å². The topological polar surface area (TPSA) is 109 Å². The molecule has 0 bridgehead atoms. The first kappa shape index (κ1) is 18.7. The van der Waals surface area contributed by atoms with E-state index in [0.29, 0.717) is 35.8 Å². The van der Waals surface area contributed by atoms with Gasteiger partial charge in [-0.25, -0.2) is 4.98 Å². The molecule has 0 saturated carbocycles. The van der Waals surface area contributed by atoms with Crippen LogP contribution in [0.25, 0.3) is 11.0 Å². The van der Waals surface area contributed by atoms with Crippen LogP contribution in [0, 0.1) is 11.3 Å². The van der Waals surface area contributed by atoms with Crippen LogP contribution in [0.2, 0.25) is 0 Å². The Bertz CT molecular complexity index is 1130. The summed E-state index contributed by atoms with van der Waals surface area (Å²) in [6, 6.07) is 9.15. The van der Waals surface area contributed by atoms with Gasteiger partial charge in [0.25, 0.3) is 5.91 Å². The Morgan fingerprint density at radius 3 is 2.62 bits per heavy atom. The van der Waals surface area contributed by atoms with Gasteiger partial charge < -0.3 is 9.47 Å². The first-order valence-corrected chi connectivity index (χ1v) is 9.45. The van der Waals surface area contributed by atoms with E-state index in [9.17, 15) is 14.9 Å². The molecule has 1 fully saturated rings. The lowest BCUT2D eigenvalue weighted by atomic mass is 10.0. The second-order valence-corrected chi connectivity index (χ2v) is 7.15. The molecule has 1 N–H and O–H groups in total. The van der Waals surface area contributed by atoms with Crippen LogP contribution in [0.5, 0.6) is 0 Å². The second kappa shape index (κ2) is 7.39. The van der Waals surface area contributed by atoms with E-state index in [2.05, 4.69) is 21.5 Å². The number of aryl methyl sites for hydroxylation is 1. The number of fused-ring (bicyclic) bond motifs is 1. The van der Waals surface area contributed by atoms with E-state index in [1.165, 1.54) is 4.68 Å². The average molecular weight is 391 g/mol. The van der Waals surface area contributed by atoms with E-state index in [0.717, 1.165) is 18.4 Å². The van der Waals surface area contributed by atoms with Gasteiger partial charge in [0.15, 0.2) is 0 Å². The number of carbonyl (C=O) groups excluding carboxylic acids is 2. The van der Waals surface area contributed by atoms with Crippen LogP contribution < -0.4 is 5.32 Å². The van der Waals surface area contributed by atoms with Crippen LogP contribution in [0.1, 0.15) is 41.9 Å². The third-order valence-electron chi connectivity index (χ3n) is 5.37. The largest absolute Gasteiger partial charge is 0.343 e. The van der Waals surface area contributed by atoms with Gasteiger partial charge in [-0.1, -0.05) is 0 Å². The van der Waals surface area contributed by atoms with E-state index in [1.54, 1.807) is 44.4 Å². The van der Waals surface area contributed by atoms with Crippen molar-refractivity contribution >= 4 is 28.8 Å². The molecule has 0 unspecified atom stereocenters. The molecular formula is C20H21N7O2. The summed E-state index contributed by atoms with van der Waals surface area (Å²) in [5.74, 6) is 0.196. The first-order chi connectivity index (χ1) is 14.0. The molecule has 0 spiro atoms. The highest BCUT2D eigenvalue weighted by Crippen LogP contribution is 2.32. The molecule has 29 heavy (non-hydrogen) atoms. The number of imidazole rings is 1. The summed E-state index contributed by atoms with van der Waals surface area (Å²) >= 11 is 0. The highest BCUT2D eigenvalue weighted by Gasteiger charge is 2.27. The zero-order chi connectivity index (χ0) is 20.5. The van der Waals surface area contributed by atoms with Gasteiger partial charge in [0.05, 0.1) is 22.7 Å². The van der Waals surface area contributed by atoms with E-state index < -0.39 is 0 Å². The summed E-state index contributed by atoms with van der Waals surface area (Å²) in [6.07, 6.45) is 3.06. The van der Waals surface area contributed by atoms with E-state index in [-0.39, 0.29) is 17.9 Å². The number of aromatic nitrogens is 4. The van der Waals surface area contributed by atoms with E-state index in [1.807, 2.05) is 9.47 Å². The molecule has 0 aliphatic carbocycles. The van der Waals surface area contributed by atoms with E-state index >= 15 is 0 Å². The summed E-state index contributed by atoms with van der Waals surface area (Å²) in [5, 5.41) is 16.2. The summed E-state index contributed by atoms with van der Waals surface area (Å²) in [5.41, 5.74) is 2.46. The average Bonchev–Trinajstić information content (AvgIpc) is 3.30. The number of hydrogen-bond donors (Lipinski definition) is 1. The molecule has 3 heterocycles. The maximum atomic E-state index is 12.7. The zero-order valence-corrected chi connectivity index (χ0v) is 16.3. The van der Waals surface area contributed by atoms with Crippen LogP contribution in [0.15, 0.2) is 30.5 Å². The number of anilines is 1. The number of likely N-dealkylation sites (tertiary alicyclic amines) is 1. The minimum absolute atomic E-state index is 0.0615. The van der Waals surface area contributed by atoms with Crippen molar-refractivity contribution in [2.75, 3.05) is 18.4 Å². The number of amides is 2. The molecule has 1 aromatic carbocycles. The van der Waals surface area contributed by atoms with Gasteiger partial charge in [0.2, 0.25) is 11.9 Å². The van der Waals surface area contributed by atoms with Gasteiger partial charge in [0.1, 0.15) is 5.69 Å². The molecule has 9 nitrogen and oxygen atoms in total. The lowest BCUT2D eigenvalue weighted by molar-refractivity contribution is -0.130. The maximum absolute atomic E-state index is 12.7. The third-order valence-corrected chi connectivity index (χ3v) is 5.37. The third kappa shape index (κ3) is 3.45. The van der Waals surface area contributed by atoms with Crippen molar-refractivity contribution in [1.82, 2.24) is 24.2 Å². The lowest BCUT2D eigenvalue weighted by Crippen LogP contribution is -2.38. The summed E-state index contributed by atoms with van der Waals surface area (Å²) in [7, 11) is 1.70. The fourth-order valence-electron chi connectivity index (χ4n) is 3.82. The molecule has 2 amide bonds. The Morgan fingerprint density at radius 2 is 2.00 bits per heavy atom. The molecule has 148 valence electrons. The van der Waals surface area contributed by atoms with Crippen molar-refractivity contribution in [3.8, 4) is 6.07 Å². The molecule has 2 aromatic heterocycles. The Kier molecular flexibility index (Phi) is 4.76. The molecule has 1 aliphatic heterocycles. The van der Waals surface area contributed by atoms with Crippen LogP contribution in [0.3, 0.4) is 0 Å². The number of nitrogens with one attached hydrogen (secondary N) is 1. The van der Waals surface area contributed by atoms with Crippen molar-refractivity contribution in [2.24, 2.45) is 7.05 Å². The minimum Gasteiger partial charge on any atom is -0.343 e. The van der Waals surface area contributed by atoms with Gasteiger partial charge in [0, 0.05) is 39.3 Å². The van der Waals surface area contributed by atoms with Gasteiger partial charge in [-0.2, -0.15) is 10.4 Å². The monoisotopic (exact) mass is 391 g/mol. The van der Waals surface area contributed by atoms with Gasteiger partial charge in [-0.15, -0.1) is 0 Å². The number of benzene rings is 1. The van der Waals surface area contributed by atoms with Crippen molar-refractivity contribution < 1.29 is 9.59 Å². The van der Waals surface area contributed by atoms with Crippen LogP contribution in [-0.4, -0.2) is 49.1 Å². The first-order valence-electron chi connectivity index (χ1n) is 9.45. The van der Waals surface area contributed by atoms with Crippen molar-refractivity contribution in [3.05, 3.63) is 41.7 Å². The Hall–Kier alpha value is -3.67. The molecule has 0 atom stereocenters. The minimum atomic E-state index is -0.303.